The first-order chi connectivity index (χ1) is 34.5. The van der Waals surface area contributed by atoms with Gasteiger partial charge in [-0.15, -0.1) is 0 Å². The predicted octanol–water partition coefficient (Wildman–Crippen LogP) is 13.0. The first-order valence-corrected chi connectivity index (χ1v) is 13.7. The number of rotatable bonds is 4. The SMILES string of the molecule is [2H]c1cc2c(-c3c4c([2H])c([2H])c([2H])cc4c(-c4c([2H])c([2H])c(-c5c([2H])c([2H])c6c([2H])c([2H])c([2H])c([2H])c6c5[2H])c([2H])c4[2H])c4c([2H])c([2H])c([2H])c([2H])c34)c([2H])c([2H])c(-c3c([2H])c([2H])c([2H])c([2H])c3[2H])c2c([2H])c1[2H]. The van der Waals surface area contributed by atoms with Crippen LogP contribution in [0.25, 0.3) is 87.6 Å². The van der Waals surface area contributed by atoms with Crippen molar-refractivity contribution in [3.8, 4) is 44.5 Å². The molecular weight excluding hydrogens is 553 g/mol. The highest BCUT2D eigenvalue weighted by Crippen LogP contribution is 2.46. The zero-order chi connectivity index (χ0) is 54.8. The smallest absolute Gasteiger partial charge is 0.0622 e. The van der Waals surface area contributed by atoms with Gasteiger partial charge in [0, 0.05) is 0 Å². The third-order valence-corrected chi connectivity index (χ3v) is 7.40. The fourth-order valence-electron chi connectivity index (χ4n) is 5.42. The molecule has 9 rings (SSSR count). The first-order valence-electron chi connectivity index (χ1n) is 27.7. The van der Waals surface area contributed by atoms with Crippen LogP contribution in [0.15, 0.2) is 181 Å². The van der Waals surface area contributed by atoms with Gasteiger partial charge in [-0.2, -0.15) is 0 Å². The summed E-state index contributed by atoms with van der Waals surface area (Å²) >= 11 is 0. The highest BCUT2D eigenvalue weighted by molar-refractivity contribution is 6.24. The van der Waals surface area contributed by atoms with E-state index in [2.05, 4.69) is 0 Å². The van der Waals surface area contributed by atoms with Crippen molar-refractivity contribution in [3.63, 3.8) is 0 Å². The molecule has 0 bridgehead atoms. The monoisotopic (exact) mass is 610 g/mol. The Bertz CT molecular complexity index is 4100. The van der Waals surface area contributed by atoms with Crippen molar-refractivity contribution >= 4 is 43.1 Å². The summed E-state index contributed by atoms with van der Waals surface area (Å²) in [5.41, 5.74) is -5.38. The van der Waals surface area contributed by atoms with Gasteiger partial charge in [-0.1, -0.05) is 175 Å². The van der Waals surface area contributed by atoms with Crippen molar-refractivity contribution in [2.75, 3.05) is 0 Å². The van der Waals surface area contributed by atoms with Crippen LogP contribution in [0.3, 0.4) is 0 Å². The Labute approximate surface area is 308 Å². The molecule has 0 heterocycles. The summed E-state index contributed by atoms with van der Waals surface area (Å²) in [6.45, 7) is 0. The average molecular weight is 611 g/mol. The second-order valence-corrected chi connectivity index (χ2v) is 9.90. The summed E-state index contributed by atoms with van der Waals surface area (Å²) in [6.07, 6.45) is 0. The van der Waals surface area contributed by atoms with Crippen LogP contribution < -0.4 is 0 Å². The van der Waals surface area contributed by atoms with Crippen LogP contribution >= 0.6 is 0 Å². The van der Waals surface area contributed by atoms with Crippen molar-refractivity contribution in [1.82, 2.24) is 0 Å². The van der Waals surface area contributed by atoms with Crippen LogP contribution in [0.4, 0.5) is 0 Å². The topological polar surface area (TPSA) is 0 Å². The molecule has 46 heavy (non-hydrogen) atoms. The van der Waals surface area contributed by atoms with Crippen LogP contribution in [-0.4, -0.2) is 0 Å². The molecule has 0 saturated carbocycles. The first kappa shape index (κ1) is 10.5. The summed E-state index contributed by atoms with van der Waals surface area (Å²) in [4.78, 5) is 0. The summed E-state index contributed by atoms with van der Waals surface area (Å²) in [7, 11) is 0. The van der Waals surface area contributed by atoms with Gasteiger partial charge in [-0.05, 0) is 93.6 Å². The standard InChI is InChI=1S/C46H30/c1-2-13-33(14-3-1)37-28-29-44(39-17-7-6-16-38(37)39)46-42-20-10-8-18-40(42)45(41-19-9-11-21-43(41)46)34-25-22-32(23-26-34)36-27-24-31-12-4-5-15-35(31)30-36/h1-30H/i1D,2D,3D,4D,5D,6D,7D,8D,9D,10D,11D,12D,13D,14D,15D,16D,18D,20D,21D,22D,23D,24D,25D,26D,27D,28D,29D,30D. The van der Waals surface area contributed by atoms with Gasteiger partial charge in [0.2, 0.25) is 0 Å². The van der Waals surface area contributed by atoms with Crippen LogP contribution in [0.2, 0.25) is 0 Å². The van der Waals surface area contributed by atoms with E-state index in [0.717, 1.165) is 12.1 Å². The third-order valence-electron chi connectivity index (χ3n) is 7.40. The lowest BCUT2D eigenvalue weighted by molar-refractivity contribution is 1.62. The van der Waals surface area contributed by atoms with Crippen molar-refractivity contribution in [1.29, 1.82) is 0 Å². The highest BCUT2D eigenvalue weighted by Gasteiger charge is 2.19. The molecule has 9 aromatic carbocycles. The summed E-state index contributed by atoms with van der Waals surface area (Å²) < 4.78 is 250. The van der Waals surface area contributed by atoms with Gasteiger partial charge in [0.05, 0.1) is 38.4 Å². The van der Waals surface area contributed by atoms with Crippen LogP contribution in [0, 0.1) is 0 Å². The Morgan fingerprint density at radius 3 is 1.61 bits per heavy atom. The Kier molecular flexibility index (Phi) is 2.49. The van der Waals surface area contributed by atoms with E-state index < -0.39 is 257 Å². The van der Waals surface area contributed by atoms with Gasteiger partial charge in [-0.3, -0.25) is 0 Å². The van der Waals surface area contributed by atoms with E-state index in [4.69, 9.17) is 24.7 Å². The molecule has 0 aliphatic carbocycles. The fourth-order valence-corrected chi connectivity index (χ4v) is 5.42. The van der Waals surface area contributed by atoms with E-state index in [1.807, 2.05) is 0 Å². The molecule has 0 saturated heterocycles. The molecule has 0 unspecified atom stereocenters. The zero-order valence-electron chi connectivity index (χ0n) is 51.2. The van der Waals surface area contributed by atoms with E-state index in [0.29, 0.717) is 0 Å². The minimum Gasteiger partial charge on any atom is -0.0622 e. The van der Waals surface area contributed by atoms with E-state index in [1.165, 1.54) is 0 Å². The van der Waals surface area contributed by atoms with Gasteiger partial charge in [0.1, 0.15) is 0 Å². The van der Waals surface area contributed by atoms with Crippen molar-refractivity contribution in [3.05, 3.63) is 181 Å². The normalized spacial score (nSPS) is 20.0. The molecule has 0 radical (unpaired) electrons. The fraction of sp³-hybridized carbons (Fsp3) is 0. The van der Waals surface area contributed by atoms with E-state index in [-0.39, 0.29) is 0 Å². The maximum Gasteiger partial charge on any atom is 0.0636 e. The molecule has 0 heteroatoms. The molecule has 0 fully saturated rings. The lowest BCUT2D eigenvalue weighted by Gasteiger charge is -2.20. The largest absolute Gasteiger partial charge is 0.0636 e. The van der Waals surface area contributed by atoms with Crippen molar-refractivity contribution in [2.45, 2.75) is 0 Å². The van der Waals surface area contributed by atoms with E-state index in [9.17, 15) is 13.7 Å². The second kappa shape index (κ2) is 10.9. The second-order valence-electron chi connectivity index (χ2n) is 9.90. The molecule has 0 N–H and O–H groups in total. The Morgan fingerprint density at radius 2 is 0.826 bits per heavy atom. The molecule has 0 nitrogen and oxygen atoms in total. The van der Waals surface area contributed by atoms with Crippen molar-refractivity contribution in [2.24, 2.45) is 0 Å². The Hall–Kier alpha value is -5.98. The van der Waals surface area contributed by atoms with E-state index in [1.54, 1.807) is 0 Å². The molecule has 9 aromatic rings. The highest BCUT2D eigenvalue weighted by atomic mass is 14.2. The maximum atomic E-state index is 9.68. The average Bonchev–Trinajstić information content (AvgIpc) is 3.36. The molecule has 0 spiro atoms. The molecule has 0 amide bonds. The minimum atomic E-state index is -1.03. The number of fused-ring (bicyclic) bond motifs is 4. The molecule has 0 atom stereocenters. The quantitative estimate of drug-likeness (QED) is 0.174. The molecule has 0 aromatic heterocycles. The maximum absolute atomic E-state index is 9.68. The number of benzene rings is 9. The molecule has 0 aliphatic heterocycles. The predicted molar refractivity (Wildman–Crippen MR) is 198 cm³/mol. The number of hydrogen-bond donors (Lipinski definition) is 0. The van der Waals surface area contributed by atoms with Gasteiger partial charge in [0.25, 0.3) is 0 Å². The lowest BCUT2D eigenvalue weighted by atomic mass is 9.83. The van der Waals surface area contributed by atoms with Gasteiger partial charge in [-0.25, -0.2) is 0 Å². The summed E-state index contributed by atoms with van der Waals surface area (Å²) in [5, 5.41) is -4.43. The summed E-state index contributed by atoms with van der Waals surface area (Å²) in [5.74, 6) is 0. The Morgan fingerprint density at radius 1 is 0.283 bits per heavy atom. The summed E-state index contributed by atoms with van der Waals surface area (Å²) in [6, 6.07) is -22.8. The molecule has 0 aliphatic rings. The van der Waals surface area contributed by atoms with Crippen LogP contribution in [0.1, 0.15) is 38.4 Å². The molecule has 214 valence electrons. The minimum absolute atomic E-state index is 0.442. The third kappa shape index (κ3) is 4.30. The van der Waals surface area contributed by atoms with Gasteiger partial charge >= 0.3 is 0 Å². The van der Waals surface area contributed by atoms with E-state index >= 15 is 0 Å². The van der Waals surface area contributed by atoms with Gasteiger partial charge in [0.15, 0.2) is 0 Å². The van der Waals surface area contributed by atoms with Gasteiger partial charge < -0.3 is 0 Å². The Balaban J connectivity index is 1.54. The van der Waals surface area contributed by atoms with Crippen LogP contribution in [-0.2, 0) is 0 Å². The lowest BCUT2D eigenvalue weighted by Crippen LogP contribution is -1.92. The van der Waals surface area contributed by atoms with Crippen molar-refractivity contribution < 1.29 is 38.4 Å². The number of hydrogen-bond acceptors (Lipinski definition) is 0. The van der Waals surface area contributed by atoms with Crippen LogP contribution in [0.5, 0.6) is 0 Å². The molecular formula is C46H30. The zero-order valence-corrected chi connectivity index (χ0v) is 23.2.